The summed E-state index contributed by atoms with van der Waals surface area (Å²) < 4.78 is 24.7. The molecular formula is C26H27N2O7PS2. The maximum absolute atomic E-state index is 12.4. The summed E-state index contributed by atoms with van der Waals surface area (Å²) in [6.07, 6.45) is -0.544. The molecule has 2 aliphatic rings. The number of benzene rings is 2. The number of hydrogen-bond donors (Lipinski definition) is 2. The molecule has 2 heterocycles. The molecule has 4 atom stereocenters. The zero-order valence-corrected chi connectivity index (χ0v) is 23.3. The number of ether oxygens (including phenoxy) is 2. The molecule has 200 valence electrons. The summed E-state index contributed by atoms with van der Waals surface area (Å²) in [5, 5.41) is 0. The molecule has 1 aliphatic heterocycles. The molecule has 5 rings (SSSR count). The Morgan fingerprint density at radius 2 is 1.71 bits per heavy atom. The van der Waals surface area contributed by atoms with Crippen molar-refractivity contribution in [2.45, 2.75) is 44.6 Å². The summed E-state index contributed by atoms with van der Waals surface area (Å²) in [5.41, 5.74) is 0.931. The van der Waals surface area contributed by atoms with Gasteiger partial charge in [0, 0.05) is 31.0 Å². The highest BCUT2D eigenvalue weighted by molar-refractivity contribution is 8.60. The van der Waals surface area contributed by atoms with E-state index in [2.05, 4.69) is 41.5 Å². The summed E-state index contributed by atoms with van der Waals surface area (Å²) in [6, 6.07) is 16.4. The van der Waals surface area contributed by atoms with Crippen molar-refractivity contribution < 1.29 is 23.3 Å². The van der Waals surface area contributed by atoms with Crippen LogP contribution < -0.4 is 11.2 Å². The number of carbonyl (C=O) groups is 1. The maximum atomic E-state index is 12.4. The second kappa shape index (κ2) is 10.9. The molecule has 1 aromatic heterocycles. The smallest absolute Gasteiger partial charge is 0.330 e. The Balaban J connectivity index is 1.27. The fourth-order valence-electron chi connectivity index (χ4n) is 4.97. The quantitative estimate of drug-likeness (QED) is 0.236. The lowest BCUT2D eigenvalue weighted by Gasteiger charge is -2.24. The first-order valence-corrected chi connectivity index (χ1v) is 15.9. The summed E-state index contributed by atoms with van der Waals surface area (Å²) in [5.74, 6) is -0.494. The van der Waals surface area contributed by atoms with Gasteiger partial charge in [-0.1, -0.05) is 60.8 Å². The van der Waals surface area contributed by atoms with Crippen LogP contribution in [0.5, 0.6) is 0 Å². The SMILES string of the molecule is CC(=O)O[C@H]1C[C@H](n2cc(C)c(=O)[nH]c2=O)O[C@@H]1COP(=S)(S)OCC1c2ccccc2-c2ccccc21. The lowest BCUT2D eigenvalue weighted by molar-refractivity contribution is -0.150. The number of carbonyl (C=O) groups excluding carboxylic acids is 1. The molecule has 9 nitrogen and oxygen atoms in total. The number of esters is 1. The molecule has 1 fully saturated rings. The van der Waals surface area contributed by atoms with Gasteiger partial charge >= 0.3 is 11.7 Å². The Morgan fingerprint density at radius 3 is 2.34 bits per heavy atom. The Kier molecular flexibility index (Phi) is 7.77. The van der Waals surface area contributed by atoms with Crippen LogP contribution >= 0.6 is 17.9 Å². The van der Waals surface area contributed by atoms with Crippen LogP contribution in [-0.2, 0) is 35.1 Å². The molecular weight excluding hydrogens is 547 g/mol. The van der Waals surface area contributed by atoms with Crippen molar-refractivity contribution in [3.8, 4) is 11.1 Å². The van der Waals surface area contributed by atoms with Gasteiger partial charge in [0.25, 0.3) is 5.56 Å². The number of rotatable bonds is 8. The van der Waals surface area contributed by atoms with Crippen LogP contribution in [0, 0.1) is 6.92 Å². The Labute approximate surface area is 229 Å². The van der Waals surface area contributed by atoms with Crippen LogP contribution in [0.3, 0.4) is 0 Å². The van der Waals surface area contributed by atoms with Crippen molar-refractivity contribution in [1.29, 1.82) is 0 Å². The lowest BCUT2D eigenvalue weighted by atomic mass is 9.98. The highest BCUT2D eigenvalue weighted by Crippen LogP contribution is 2.56. The molecule has 0 bridgehead atoms. The van der Waals surface area contributed by atoms with E-state index in [0.717, 1.165) is 11.1 Å². The van der Waals surface area contributed by atoms with Gasteiger partial charge in [-0.05, 0) is 41.0 Å². The van der Waals surface area contributed by atoms with E-state index in [0.29, 0.717) is 12.2 Å². The van der Waals surface area contributed by atoms with E-state index in [1.54, 1.807) is 6.92 Å². The summed E-state index contributed by atoms with van der Waals surface area (Å²) >= 11 is 10.1. The molecule has 1 saturated heterocycles. The van der Waals surface area contributed by atoms with Gasteiger partial charge in [-0.3, -0.25) is 19.1 Å². The number of aryl methyl sites for hydroxylation is 1. The number of thiol groups is 1. The van der Waals surface area contributed by atoms with Crippen molar-refractivity contribution in [1.82, 2.24) is 9.55 Å². The average Bonchev–Trinajstić information content (AvgIpc) is 3.42. The monoisotopic (exact) mass is 574 g/mol. The topological polar surface area (TPSA) is 109 Å². The van der Waals surface area contributed by atoms with Crippen molar-refractivity contribution in [2.75, 3.05) is 13.2 Å². The average molecular weight is 575 g/mol. The largest absolute Gasteiger partial charge is 0.460 e. The van der Waals surface area contributed by atoms with Gasteiger partial charge in [0.15, 0.2) is 0 Å². The molecule has 1 unspecified atom stereocenters. The molecule has 0 saturated carbocycles. The van der Waals surface area contributed by atoms with Gasteiger partial charge in [-0.2, -0.15) is 0 Å². The van der Waals surface area contributed by atoms with Crippen molar-refractivity contribution >= 4 is 35.7 Å². The van der Waals surface area contributed by atoms with E-state index in [-0.39, 0.29) is 18.9 Å². The third-order valence-corrected chi connectivity index (χ3v) is 9.00. The van der Waals surface area contributed by atoms with Crippen LogP contribution in [0.2, 0.25) is 0 Å². The van der Waals surface area contributed by atoms with Gasteiger partial charge in [0.1, 0.15) is 18.4 Å². The third kappa shape index (κ3) is 5.59. The van der Waals surface area contributed by atoms with Crippen LogP contribution in [-0.4, -0.2) is 40.9 Å². The van der Waals surface area contributed by atoms with Crippen molar-refractivity contribution in [2.24, 2.45) is 0 Å². The highest BCUT2D eigenvalue weighted by atomic mass is 32.9. The molecule has 3 aromatic rings. The zero-order valence-electron chi connectivity index (χ0n) is 20.7. The predicted molar refractivity (Wildman–Crippen MR) is 149 cm³/mol. The Morgan fingerprint density at radius 1 is 1.11 bits per heavy atom. The van der Waals surface area contributed by atoms with E-state index < -0.39 is 41.3 Å². The van der Waals surface area contributed by atoms with Gasteiger partial charge in [0.05, 0.1) is 13.2 Å². The standard InChI is InChI=1S/C26H27N2O7PS2/c1-15-12-28(26(31)27-25(15)30)24-11-22(34-16(2)29)23(35-24)14-33-36(37,38)32-13-21-19-9-5-3-7-17(19)18-8-4-6-10-20(18)21/h3-10,12,21-24H,11,13-14H2,1-2H3,(H,37,38)(H,27,30,31)/t22-,23+,24+/m0/s1. The summed E-state index contributed by atoms with van der Waals surface area (Å²) in [4.78, 5) is 38.1. The number of H-pyrrole nitrogens is 1. The molecule has 1 aliphatic carbocycles. The number of nitrogens with one attached hydrogen (secondary N) is 1. The number of hydrogen-bond acceptors (Lipinski definition) is 8. The fraction of sp³-hybridized carbons (Fsp3) is 0.346. The molecule has 12 heteroatoms. The first-order chi connectivity index (χ1) is 18.1. The van der Waals surface area contributed by atoms with E-state index in [4.69, 9.17) is 30.3 Å². The third-order valence-electron chi connectivity index (χ3n) is 6.72. The van der Waals surface area contributed by atoms with E-state index in [1.807, 2.05) is 24.3 Å². The molecule has 0 radical (unpaired) electrons. The van der Waals surface area contributed by atoms with Gasteiger partial charge in [-0.25, -0.2) is 4.79 Å². The lowest BCUT2D eigenvalue weighted by Crippen LogP contribution is -2.33. The molecule has 38 heavy (non-hydrogen) atoms. The number of aromatic nitrogens is 2. The van der Waals surface area contributed by atoms with Crippen LogP contribution in [0.25, 0.3) is 11.1 Å². The summed E-state index contributed by atoms with van der Waals surface area (Å²) in [7, 11) is 0. The van der Waals surface area contributed by atoms with Crippen LogP contribution in [0.4, 0.5) is 0 Å². The van der Waals surface area contributed by atoms with Crippen molar-refractivity contribution in [3.05, 3.63) is 92.3 Å². The number of nitrogens with zero attached hydrogens (tertiary/aromatic N) is 1. The van der Waals surface area contributed by atoms with E-state index in [9.17, 15) is 14.4 Å². The molecule has 0 amide bonds. The van der Waals surface area contributed by atoms with Gasteiger partial charge in [-0.15, -0.1) is 0 Å². The summed E-state index contributed by atoms with van der Waals surface area (Å²) in [6.45, 7) is 3.13. The second-order valence-corrected chi connectivity index (χ2v) is 14.6. The minimum atomic E-state index is -3.01. The first kappa shape index (κ1) is 27.1. The van der Waals surface area contributed by atoms with Crippen LogP contribution in [0.15, 0.2) is 64.3 Å². The Hall–Kier alpha value is -2.53. The second-order valence-electron chi connectivity index (χ2n) is 9.28. The molecule has 0 spiro atoms. The van der Waals surface area contributed by atoms with Crippen LogP contribution in [0.1, 0.15) is 42.2 Å². The molecule has 2 aromatic carbocycles. The minimum absolute atomic E-state index is 0.00303. The predicted octanol–water partition coefficient (Wildman–Crippen LogP) is 4.06. The van der Waals surface area contributed by atoms with Crippen molar-refractivity contribution in [3.63, 3.8) is 0 Å². The highest BCUT2D eigenvalue weighted by Gasteiger charge is 2.40. The van der Waals surface area contributed by atoms with E-state index in [1.165, 1.54) is 28.8 Å². The zero-order chi connectivity index (χ0) is 27.0. The molecule has 1 N–H and O–H groups in total. The Bertz CT molecular complexity index is 1490. The first-order valence-electron chi connectivity index (χ1n) is 12.1. The fourth-order valence-corrected chi connectivity index (χ4v) is 6.48. The van der Waals surface area contributed by atoms with E-state index >= 15 is 0 Å². The minimum Gasteiger partial charge on any atom is -0.460 e. The van der Waals surface area contributed by atoms with Gasteiger partial charge in [0.2, 0.25) is 5.69 Å². The van der Waals surface area contributed by atoms with Gasteiger partial charge < -0.3 is 18.5 Å². The number of fused-ring (bicyclic) bond motifs is 3. The number of aromatic amines is 1. The normalized spacial score (nSPS) is 22.0. The maximum Gasteiger partial charge on any atom is 0.330 e.